The number of hydrogen-bond acceptors (Lipinski definition) is 3. The van der Waals surface area contributed by atoms with Crippen LogP contribution >= 0.6 is 11.3 Å². The summed E-state index contributed by atoms with van der Waals surface area (Å²) in [5, 5.41) is 11.3. The maximum atomic E-state index is 13.4. The summed E-state index contributed by atoms with van der Waals surface area (Å²) in [6.07, 6.45) is 2.67. The maximum Gasteiger partial charge on any atom is 0.231 e. The predicted molar refractivity (Wildman–Crippen MR) is 106 cm³/mol. The number of anilines is 1. The van der Waals surface area contributed by atoms with Crippen LogP contribution in [-0.2, 0) is 4.79 Å². The molecule has 1 aromatic heterocycles. The van der Waals surface area contributed by atoms with Crippen LogP contribution in [0.5, 0.6) is 0 Å². The molecule has 4 heteroatoms. The molecule has 1 fully saturated rings. The molecule has 136 valence electrons. The lowest BCUT2D eigenvalue weighted by atomic mass is 10.0. The van der Waals surface area contributed by atoms with Crippen molar-refractivity contribution in [3.8, 4) is 0 Å². The van der Waals surface area contributed by atoms with Gasteiger partial charge in [-0.25, -0.2) is 0 Å². The largest absolute Gasteiger partial charge is 0.396 e. The summed E-state index contributed by atoms with van der Waals surface area (Å²) < 4.78 is 1.22. The van der Waals surface area contributed by atoms with Gasteiger partial charge in [0.25, 0.3) is 0 Å². The van der Waals surface area contributed by atoms with E-state index in [-0.39, 0.29) is 29.3 Å². The summed E-state index contributed by atoms with van der Waals surface area (Å²) in [5.74, 6) is 0.327. The number of thiophene rings is 1. The lowest BCUT2D eigenvalue weighted by molar-refractivity contribution is -0.120. The number of carbonyl (C=O) groups excluding carboxylic acids is 1. The van der Waals surface area contributed by atoms with Crippen LogP contribution in [0.15, 0.2) is 30.3 Å². The quantitative estimate of drug-likeness (QED) is 0.700. The van der Waals surface area contributed by atoms with Gasteiger partial charge in [-0.1, -0.05) is 45.9 Å². The van der Waals surface area contributed by atoms with E-state index in [0.29, 0.717) is 0 Å². The Kier molecular flexibility index (Phi) is 4.95. The average Bonchev–Trinajstić information content (AvgIpc) is 2.87. The molecule has 1 saturated carbocycles. The van der Waals surface area contributed by atoms with E-state index in [1.54, 1.807) is 11.3 Å². The molecular formula is C21H29NO2S. The molecule has 1 amide bonds. The van der Waals surface area contributed by atoms with Gasteiger partial charge in [-0.05, 0) is 47.6 Å². The van der Waals surface area contributed by atoms with Crippen LogP contribution in [0.3, 0.4) is 0 Å². The van der Waals surface area contributed by atoms with Crippen molar-refractivity contribution in [3.63, 3.8) is 0 Å². The van der Waals surface area contributed by atoms with E-state index < -0.39 is 0 Å². The van der Waals surface area contributed by atoms with Gasteiger partial charge in [0.05, 0.1) is 5.00 Å². The first kappa shape index (κ1) is 18.4. The topological polar surface area (TPSA) is 40.5 Å². The van der Waals surface area contributed by atoms with Crippen molar-refractivity contribution in [2.24, 2.45) is 16.7 Å². The summed E-state index contributed by atoms with van der Waals surface area (Å²) >= 11 is 1.70. The zero-order chi connectivity index (χ0) is 18.2. The van der Waals surface area contributed by atoms with Gasteiger partial charge in [-0.3, -0.25) is 4.79 Å². The van der Waals surface area contributed by atoms with Crippen molar-refractivity contribution in [1.82, 2.24) is 0 Å². The molecule has 0 atom stereocenters. The van der Waals surface area contributed by atoms with Crippen molar-refractivity contribution in [2.75, 3.05) is 18.1 Å². The van der Waals surface area contributed by atoms with Gasteiger partial charge in [-0.2, -0.15) is 0 Å². The summed E-state index contributed by atoms with van der Waals surface area (Å²) in [6, 6.07) is 10.5. The van der Waals surface area contributed by atoms with Crippen molar-refractivity contribution < 1.29 is 9.90 Å². The Morgan fingerprint density at radius 3 is 2.40 bits per heavy atom. The van der Waals surface area contributed by atoms with Crippen LogP contribution in [0.4, 0.5) is 5.00 Å². The third-order valence-electron chi connectivity index (χ3n) is 6.25. The minimum Gasteiger partial charge on any atom is -0.396 e. The fraction of sp³-hybridized carbons (Fsp3) is 0.571. The van der Waals surface area contributed by atoms with E-state index in [1.807, 2.05) is 17.0 Å². The molecule has 1 aliphatic carbocycles. The summed E-state index contributed by atoms with van der Waals surface area (Å²) in [7, 11) is 0. The first-order chi connectivity index (χ1) is 11.8. The van der Waals surface area contributed by atoms with E-state index >= 15 is 0 Å². The molecule has 0 aliphatic heterocycles. The third-order valence-corrected chi connectivity index (χ3v) is 7.39. The number of nitrogens with zero attached hydrogens (tertiary/aromatic N) is 1. The Bertz CT molecular complexity index is 715. The van der Waals surface area contributed by atoms with Crippen molar-refractivity contribution in [1.29, 1.82) is 0 Å². The van der Waals surface area contributed by atoms with Crippen LogP contribution in [0.2, 0.25) is 0 Å². The van der Waals surface area contributed by atoms with Gasteiger partial charge < -0.3 is 10.0 Å². The molecule has 2 aromatic rings. The second-order valence-electron chi connectivity index (χ2n) is 8.27. The third kappa shape index (κ3) is 3.22. The number of unbranched alkanes of at least 4 members (excludes halogenated alkanes) is 2. The number of fused-ring (bicyclic) bond motifs is 1. The molecule has 0 saturated heterocycles. The number of amides is 1. The Morgan fingerprint density at radius 2 is 1.80 bits per heavy atom. The molecule has 0 unspecified atom stereocenters. The number of hydrogen-bond donors (Lipinski definition) is 1. The number of aliphatic hydroxyl groups is 1. The molecule has 0 bridgehead atoms. The second-order valence-corrected chi connectivity index (χ2v) is 9.34. The van der Waals surface area contributed by atoms with Gasteiger partial charge in [0, 0.05) is 23.8 Å². The van der Waals surface area contributed by atoms with Gasteiger partial charge in [-0.15, -0.1) is 11.3 Å². The number of aliphatic hydroxyl groups excluding tert-OH is 1. The maximum absolute atomic E-state index is 13.4. The monoisotopic (exact) mass is 359 g/mol. The van der Waals surface area contributed by atoms with Crippen LogP contribution in [0.25, 0.3) is 10.1 Å². The van der Waals surface area contributed by atoms with Gasteiger partial charge in [0.1, 0.15) is 0 Å². The highest BCUT2D eigenvalue weighted by molar-refractivity contribution is 7.23. The van der Waals surface area contributed by atoms with Crippen LogP contribution < -0.4 is 4.90 Å². The molecule has 3 rings (SSSR count). The Balaban J connectivity index is 1.86. The van der Waals surface area contributed by atoms with E-state index in [1.165, 1.54) is 10.1 Å². The minimum absolute atomic E-state index is 0.0457. The summed E-state index contributed by atoms with van der Waals surface area (Å²) in [4.78, 5) is 15.4. The molecular weight excluding hydrogens is 330 g/mol. The van der Waals surface area contributed by atoms with Crippen LogP contribution in [-0.4, -0.2) is 24.2 Å². The number of rotatable bonds is 7. The normalized spacial score (nSPS) is 18.4. The molecule has 1 aromatic carbocycles. The Labute approximate surface area is 154 Å². The highest BCUT2D eigenvalue weighted by Crippen LogP contribution is 2.69. The number of benzene rings is 1. The van der Waals surface area contributed by atoms with Crippen molar-refractivity contribution in [3.05, 3.63) is 30.3 Å². The van der Waals surface area contributed by atoms with Gasteiger partial charge in [0.2, 0.25) is 5.91 Å². The number of carbonyl (C=O) groups is 1. The molecule has 0 radical (unpaired) electrons. The molecule has 1 N–H and O–H groups in total. The Morgan fingerprint density at radius 1 is 1.12 bits per heavy atom. The first-order valence-electron chi connectivity index (χ1n) is 9.21. The lowest BCUT2D eigenvalue weighted by Gasteiger charge is -2.22. The SMILES string of the molecule is CC1(C)C(C(=O)N(CCCCCO)c2cc3ccccc3s2)C1(C)C. The molecule has 1 aliphatic rings. The average molecular weight is 360 g/mol. The first-order valence-corrected chi connectivity index (χ1v) is 10.0. The molecule has 0 spiro atoms. The fourth-order valence-electron chi connectivity index (χ4n) is 3.96. The smallest absolute Gasteiger partial charge is 0.231 e. The zero-order valence-electron chi connectivity index (χ0n) is 15.7. The highest BCUT2D eigenvalue weighted by atomic mass is 32.1. The van der Waals surface area contributed by atoms with E-state index in [4.69, 9.17) is 5.11 Å². The summed E-state index contributed by atoms with van der Waals surface area (Å²) in [5.41, 5.74) is 0.0915. The fourth-order valence-corrected chi connectivity index (χ4v) is 5.05. The van der Waals surface area contributed by atoms with Gasteiger partial charge in [0.15, 0.2) is 0 Å². The molecule has 3 nitrogen and oxygen atoms in total. The van der Waals surface area contributed by atoms with Crippen molar-refractivity contribution >= 4 is 32.3 Å². The van der Waals surface area contributed by atoms with Gasteiger partial charge >= 0.3 is 0 Å². The summed E-state index contributed by atoms with van der Waals surface area (Å²) in [6.45, 7) is 9.75. The van der Waals surface area contributed by atoms with Crippen LogP contribution in [0, 0.1) is 16.7 Å². The standard InChI is InChI=1S/C21H29NO2S/c1-20(2)18(21(20,3)4)19(24)22(12-8-5-9-13-23)17-14-15-10-6-7-11-16(15)25-17/h6-7,10-11,14,18,23H,5,8-9,12-13H2,1-4H3. The minimum atomic E-state index is 0.0457. The van der Waals surface area contributed by atoms with Crippen LogP contribution in [0.1, 0.15) is 47.0 Å². The van der Waals surface area contributed by atoms with E-state index in [2.05, 4.69) is 45.9 Å². The van der Waals surface area contributed by atoms with E-state index in [0.717, 1.165) is 30.8 Å². The predicted octanol–water partition coefficient (Wildman–Crippen LogP) is 5.08. The molecule has 25 heavy (non-hydrogen) atoms. The van der Waals surface area contributed by atoms with Crippen molar-refractivity contribution in [2.45, 2.75) is 47.0 Å². The zero-order valence-corrected chi connectivity index (χ0v) is 16.5. The molecule has 1 heterocycles. The second kappa shape index (κ2) is 6.73. The van der Waals surface area contributed by atoms with E-state index in [9.17, 15) is 4.79 Å². The lowest BCUT2D eigenvalue weighted by Crippen LogP contribution is -2.34. The Hall–Kier alpha value is -1.39. The highest BCUT2D eigenvalue weighted by Gasteiger charge is 2.68.